The molecule has 5 rings (SSSR count). The normalized spacial score (nSPS) is 25.2. The van der Waals surface area contributed by atoms with Gasteiger partial charge in [0.2, 0.25) is 17.8 Å². The number of benzene rings is 2. The Morgan fingerprint density at radius 3 is 2.62 bits per heavy atom. The maximum atomic E-state index is 13.2. The summed E-state index contributed by atoms with van der Waals surface area (Å²) in [5.74, 6) is 1.23. The van der Waals surface area contributed by atoms with Gasteiger partial charge in [-0.05, 0) is 70.4 Å². The quantitative estimate of drug-likeness (QED) is 0.635. The van der Waals surface area contributed by atoms with E-state index in [1.165, 1.54) is 0 Å². The van der Waals surface area contributed by atoms with Gasteiger partial charge in [-0.25, -0.2) is 4.99 Å². The zero-order valence-electron chi connectivity index (χ0n) is 21.7. The highest BCUT2D eigenvalue weighted by Crippen LogP contribution is 2.43. The van der Waals surface area contributed by atoms with Crippen LogP contribution in [0.25, 0.3) is 0 Å². The van der Waals surface area contributed by atoms with Gasteiger partial charge in [-0.1, -0.05) is 18.2 Å². The topological polar surface area (TPSA) is 107 Å². The van der Waals surface area contributed by atoms with Crippen LogP contribution in [0.1, 0.15) is 64.1 Å². The number of ether oxygens (including phenoxy) is 1. The van der Waals surface area contributed by atoms with Gasteiger partial charge >= 0.3 is 0 Å². The minimum Gasteiger partial charge on any atom is -0.487 e. The molecule has 0 saturated heterocycles. The first-order valence-corrected chi connectivity index (χ1v) is 12.8. The second kappa shape index (κ2) is 9.22. The summed E-state index contributed by atoms with van der Waals surface area (Å²) in [5.41, 5.74) is 1.42. The Morgan fingerprint density at radius 2 is 1.89 bits per heavy atom. The zero-order valence-corrected chi connectivity index (χ0v) is 21.7. The van der Waals surface area contributed by atoms with Crippen LogP contribution >= 0.6 is 0 Å². The zero-order chi connectivity index (χ0) is 26.4. The van der Waals surface area contributed by atoms with Crippen LogP contribution in [0.15, 0.2) is 53.5 Å². The van der Waals surface area contributed by atoms with E-state index in [1.807, 2.05) is 52.0 Å². The number of nitriles is 1. The fraction of sp³-hybridized carbons (Fsp3) is 0.448. The predicted molar refractivity (Wildman–Crippen MR) is 141 cm³/mol. The van der Waals surface area contributed by atoms with Crippen molar-refractivity contribution in [1.82, 2.24) is 10.2 Å². The molecule has 1 saturated carbocycles. The van der Waals surface area contributed by atoms with Gasteiger partial charge in [-0.15, -0.1) is 0 Å². The standard InChI is InChI=1S/C29H33N5O3/c1-28(2)15-25(35)34(27(33-28)31-20-11-9-18(16-30)10-12-20)17-19-13-22(19)26(36)32-23-14-29(3,4)37-24-8-6-5-7-21(23)24/h5-12,19,22-23H,13-15,17H2,1-4H3,(H,31,33)(H,32,36)/t19?,22?,23-/m0/s1. The molecule has 0 aromatic heterocycles. The van der Waals surface area contributed by atoms with Crippen LogP contribution in [0.5, 0.6) is 5.75 Å². The van der Waals surface area contributed by atoms with Crippen molar-refractivity contribution in [3.05, 3.63) is 59.7 Å². The number of carbonyl (C=O) groups excluding carboxylic acids is 2. The summed E-state index contributed by atoms with van der Waals surface area (Å²) >= 11 is 0. The summed E-state index contributed by atoms with van der Waals surface area (Å²) in [6.07, 6.45) is 1.73. The van der Waals surface area contributed by atoms with E-state index in [-0.39, 0.29) is 35.3 Å². The van der Waals surface area contributed by atoms with Crippen molar-refractivity contribution < 1.29 is 14.3 Å². The van der Waals surface area contributed by atoms with Crippen LogP contribution < -0.4 is 15.4 Å². The number of para-hydroxylation sites is 1. The number of aliphatic imine (C=N–C) groups is 1. The Morgan fingerprint density at radius 1 is 1.16 bits per heavy atom. The molecule has 2 unspecified atom stereocenters. The van der Waals surface area contributed by atoms with Crippen LogP contribution in [0.4, 0.5) is 5.69 Å². The molecule has 37 heavy (non-hydrogen) atoms. The number of carbonyl (C=O) groups is 2. The van der Waals surface area contributed by atoms with E-state index in [2.05, 4.69) is 16.7 Å². The van der Waals surface area contributed by atoms with Crippen molar-refractivity contribution in [3.63, 3.8) is 0 Å². The van der Waals surface area contributed by atoms with E-state index in [0.717, 1.165) is 23.4 Å². The maximum absolute atomic E-state index is 13.2. The molecule has 1 fully saturated rings. The highest BCUT2D eigenvalue weighted by atomic mass is 16.5. The largest absolute Gasteiger partial charge is 0.487 e. The summed E-state index contributed by atoms with van der Waals surface area (Å²) in [5, 5.41) is 15.6. The Hall–Kier alpha value is -3.86. The van der Waals surface area contributed by atoms with Gasteiger partial charge in [0.25, 0.3) is 0 Å². The van der Waals surface area contributed by atoms with Crippen LogP contribution in [0.2, 0.25) is 0 Å². The van der Waals surface area contributed by atoms with Gasteiger partial charge in [0.1, 0.15) is 11.4 Å². The first-order chi connectivity index (χ1) is 17.5. The second-order valence-corrected chi connectivity index (χ2v) is 11.5. The van der Waals surface area contributed by atoms with E-state index in [9.17, 15) is 9.59 Å². The first kappa shape index (κ1) is 24.8. The molecule has 8 heteroatoms. The number of fused-ring (bicyclic) bond motifs is 1. The second-order valence-electron chi connectivity index (χ2n) is 11.5. The number of rotatable bonds is 5. The molecule has 3 atom stereocenters. The van der Waals surface area contributed by atoms with Gasteiger partial charge in [0.05, 0.1) is 29.6 Å². The van der Waals surface area contributed by atoms with Crippen LogP contribution in [0.3, 0.4) is 0 Å². The lowest BCUT2D eigenvalue weighted by Gasteiger charge is -2.38. The highest BCUT2D eigenvalue weighted by molar-refractivity contribution is 6.06. The molecule has 0 spiro atoms. The number of hydrogen-bond donors (Lipinski definition) is 2. The molecule has 2 aliphatic heterocycles. The molecule has 8 nitrogen and oxygen atoms in total. The van der Waals surface area contributed by atoms with Crippen LogP contribution in [-0.4, -0.2) is 40.4 Å². The van der Waals surface area contributed by atoms with Crippen molar-refractivity contribution in [2.45, 2.75) is 64.1 Å². The number of nitrogens with one attached hydrogen (secondary N) is 2. The van der Waals surface area contributed by atoms with E-state index >= 15 is 0 Å². The molecule has 2 aromatic rings. The molecule has 192 valence electrons. The molecule has 2 amide bonds. The summed E-state index contributed by atoms with van der Waals surface area (Å²) in [6, 6.07) is 16.9. The van der Waals surface area contributed by atoms with Gasteiger partial charge in [-0.2, -0.15) is 5.26 Å². The summed E-state index contributed by atoms with van der Waals surface area (Å²) < 4.78 is 6.10. The van der Waals surface area contributed by atoms with Crippen molar-refractivity contribution in [2.75, 3.05) is 11.9 Å². The first-order valence-electron chi connectivity index (χ1n) is 12.8. The number of amides is 2. The molecule has 0 radical (unpaired) electrons. The number of guanidine groups is 1. The predicted octanol–water partition coefficient (Wildman–Crippen LogP) is 4.39. The minimum atomic E-state index is -0.522. The molecule has 1 aliphatic carbocycles. The van der Waals surface area contributed by atoms with E-state index in [4.69, 9.17) is 15.0 Å². The monoisotopic (exact) mass is 499 g/mol. The fourth-order valence-corrected chi connectivity index (χ4v) is 5.23. The van der Waals surface area contributed by atoms with Crippen molar-refractivity contribution >= 4 is 23.5 Å². The molecule has 0 bridgehead atoms. The maximum Gasteiger partial charge on any atom is 0.231 e. The molecule has 3 aliphatic rings. The van der Waals surface area contributed by atoms with Gasteiger partial charge in [0, 0.05) is 30.1 Å². The molecular formula is C29H33N5O3. The van der Waals surface area contributed by atoms with Crippen molar-refractivity contribution in [2.24, 2.45) is 16.8 Å². The number of nitrogens with zero attached hydrogens (tertiary/aromatic N) is 3. The lowest BCUT2D eigenvalue weighted by Crippen LogP contribution is -2.50. The lowest BCUT2D eigenvalue weighted by atomic mass is 9.89. The summed E-state index contributed by atoms with van der Waals surface area (Å²) in [6.45, 7) is 8.37. The van der Waals surface area contributed by atoms with E-state index in [0.29, 0.717) is 30.9 Å². The van der Waals surface area contributed by atoms with Crippen molar-refractivity contribution in [3.8, 4) is 11.8 Å². The fourth-order valence-electron chi connectivity index (χ4n) is 5.23. The Bertz CT molecular complexity index is 1290. The van der Waals surface area contributed by atoms with Crippen LogP contribution in [-0.2, 0) is 9.59 Å². The Labute approximate surface area is 217 Å². The Kier molecular flexibility index (Phi) is 6.18. The number of hydrogen-bond acceptors (Lipinski definition) is 6. The SMILES string of the molecule is CC1(C)CC(=O)N(CC2CC2C(=O)N[C@H]2CC(C)(C)Oc3ccccc32)C(Nc2ccc(C#N)cc2)=N1. The third-order valence-corrected chi connectivity index (χ3v) is 7.19. The Balaban J connectivity index is 1.26. The van der Waals surface area contributed by atoms with Crippen molar-refractivity contribution in [1.29, 1.82) is 5.26 Å². The average Bonchev–Trinajstić information content (AvgIpc) is 3.60. The van der Waals surface area contributed by atoms with E-state index < -0.39 is 5.54 Å². The van der Waals surface area contributed by atoms with E-state index in [1.54, 1.807) is 29.2 Å². The van der Waals surface area contributed by atoms with Gasteiger partial charge in [-0.3, -0.25) is 14.5 Å². The third kappa shape index (κ3) is 5.46. The minimum absolute atomic E-state index is 0.0118. The lowest BCUT2D eigenvalue weighted by molar-refractivity contribution is -0.130. The van der Waals surface area contributed by atoms with Gasteiger partial charge in [0.15, 0.2) is 0 Å². The highest BCUT2D eigenvalue weighted by Gasteiger charge is 2.47. The molecular weight excluding hydrogens is 466 g/mol. The third-order valence-electron chi connectivity index (χ3n) is 7.19. The number of anilines is 1. The molecule has 2 heterocycles. The molecule has 2 N–H and O–H groups in total. The summed E-state index contributed by atoms with van der Waals surface area (Å²) in [7, 11) is 0. The molecule has 2 aromatic carbocycles. The van der Waals surface area contributed by atoms with Crippen LogP contribution in [0, 0.1) is 23.2 Å². The van der Waals surface area contributed by atoms with Gasteiger partial charge < -0.3 is 15.4 Å². The summed E-state index contributed by atoms with van der Waals surface area (Å²) in [4.78, 5) is 32.8. The average molecular weight is 500 g/mol. The smallest absolute Gasteiger partial charge is 0.231 e.